The molecule has 0 spiro atoms. The van der Waals surface area contributed by atoms with Gasteiger partial charge < -0.3 is 4.90 Å². The van der Waals surface area contributed by atoms with E-state index in [1.807, 2.05) is 11.4 Å². The molecule has 1 fully saturated rings. The highest BCUT2D eigenvalue weighted by atomic mass is 32.2. The maximum atomic E-state index is 12.5. The average Bonchev–Trinajstić information content (AvgIpc) is 3.37. The van der Waals surface area contributed by atoms with E-state index in [4.69, 9.17) is 0 Å². The number of carbonyl (C=O) groups is 1. The second-order valence-corrected chi connectivity index (χ2v) is 8.73. The highest BCUT2D eigenvalue weighted by molar-refractivity contribution is 7.89. The molecule has 0 bridgehead atoms. The topological polar surface area (TPSA) is 133 Å². The van der Waals surface area contributed by atoms with Crippen molar-refractivity contribution in [2.24, 2.45) is 5.92 Å². The highest BCUT2D eigenvalue weighted by Crippen LogP contribution is 2.29. The number of amides is 1. The molecule has 10 nitrogen and oxygen atoms in total. The number of nitrogens with one attached hydrogen (secondary N) is 3. The predicted octanol–water partition coefficient (Wildman–Crippen LogP) is 0.640. The lowest BCUT2D eigenvalue weighted by Gasteiger charge is -2.33. The summed E-state index contributed by atoms with van der Waals surface area (Å²) in [7, 11) is -3.85. The number of carbonyl (C=O) groups excluding carboxylic acids is 1. The van der Waals surface area contributed by atoms with Gasteiger partial charge in [0.15, 0.2) is 0 Å². The molecule has 4 rings (SSSR count). The molecule has 142 valence electrons. The van der Waals surface area contributed by atoms with Crippen LogP contribution in [0.15, 0.2) is 35.1 Å². The van der Waals surface area contributed by atoms with Crippen LogP contribution in [0.3, 0.4) is 0 Å². The van der Waals surface area contributed by atoms with Crippen molar-refractivity contribution in [1.29, 1.82) is 0 Å². The van der Waals surface area contributed by atoms with E-state index in [1.54, 1.807) is 11.3 Å². The molecule has 4 heterocycles. The summed E-state index contributed by atoms with van der Waals surface area (Å²) in [5.74, 6) is 0.0783. The molecule has 3 aromatic heterocycles. The smallest absolute Gasteiger partial charge is 0.260 e. The molecule has 1 amide bonds. The Morgan fingerprint density at radius 2 is 2.26 bits per heavy atom. The monoisotopic (exact) mass is 407 g/mol. The third kappa shape index (κ3) is 3.63. The van der Waals surface area contributed by atoms with Crippen LogP contribution in [0.1, 0.15) is 12.8 Å². The fourth-order valence-corrected chi connectivity index (χ4v) is 4.56. The minimum Gasteiger partial charge on any atom is -0.355 e. The molecular weight excluding hydrogens is 390 g/mol. The molecule has 1 aliphatic rings. The van der Waals surface area contributed by atoms with Crippen LogP contribution in [0.4, 0.5) is 5.82 Å². The van der Waals surface area contributed by atoms with Gasteiger partial charge in [-0.25, -0.2) is 18.4 Å². The lowest BCUT2D eigenvalue weighted by atomic mass is 9.97. The van der Waals surface area contributed by atoms with Crippen LogP contribution in [-0.2, 0) is 14.8 Å². The number of hydrogen-bond acceptors (Lipinski definition) is 8. The number of H-pyrrole nitrogens is 1. The van der Waals surface area contributed by atoms with Gasteiger partial charge in [0.05, 0.1) is 17.5 Å². The summed E-state index contributed by atoms with van der Waals surface area (Å²) in [6, 6.07) is 1.97. The first kappa shape index (κ1) is 17.8. The Kier molecular flexibility index (Phi) is 4.76. The van der Waals surface area contributed by atoms with Crippen molar-refractivity contribution in [2.75, 3.05) is 18.0 Å². The summed E-state index contributed by atoms with van der Waals surface area (Å²) < 4.78 is 24.1. The van der Waals surface area contributed by atoms with E-state index in [0.717, 1.165) is 35.2 Å². The van der Waals surface area contributed by atoms with Crippen LogP contribution >= 0.6 is 11.3 Å². The molecule has 3 N–H and O–H groups in total. The van der Waals surface area contributed by atoms with Crippen LogP contribution in [0.2, 0.25) is 0 Å². The van der Waals surface area contributed by atoms with Gasteiger partial charge in [0.25, 0.3) is 10.0 Å². The van der Waals surface area contributed by atoms with Crippen molar-refractivity contribution in [2.45, 2.75) is 17.7 Å². The summed E-state index contributed by atoms with van der Waals surface area (Å²) in [4.78, 5) is 26.1. The molecule has 0 saturated carbocycles. The fourth-order valence-electron chi connectivity index (χ4n) is 3.08. The number of piperidine rings is 1. The van der Waals surface area contributed by atoms with Gasteiger partial charge in [0.2, 0.25) is 5.91 Å². The van der Waals surface area contributed by atoms with E-state index in [0.29, 0.717) is 13.0 Å². The summed E-state index contributed by atoms with van der Waals surface area (Å²) in [5, 5.41) is 8.94. The summed E-state index contributed by atoms with van der Waals surface area (Å²) in [6.07, 6.45) is 5.41. The van der Waals surface area contributed by atoms with Gasteiger partial charge in [-0.1, -0.05) is 0 Å². The molecule has 12 heteroatoms. The molecule has 0 aliphatic carbocycles. The number of fused-ring (bicyclic) bond motifs is 1. The van der Waals surface area contributed by atoms with Crippen molar-refractivity contribution >= 4 is 43.3 Å². The molecule has 0 aromatic carbocycles. The van der Waals surface area contributed by atoms with Gasteiger partial charge >= 0.3 is 0 Å². The second-order valence-electron chi connectivity index (χ2n) is 6.15. The summed E-state index contributed by atoms with van der Waals surface area (Å²) >= 11 is 1.54. The third-order valence-electron chi connectivity index (χ3n) is 4.42. The summed E-state index contributed by atoms with van der Waals surface area (Å²) in [6.45, 7) is 1.24. The number of aromatic amines is 1. The van der Waals surface area contributed by atoms with E-state index < -0.39 is 10.0 Å². The quantitative estimate of drug-likeness (QED) is 0.529. The molecule has 1 aliphatic heterocycles. The van der Waals surface area contributed by atoms with E-state index in [1.165, 1.54) is 12.5 Å². The molecular formula is C15H17N7O3S2. The minimum atomic E-state index is -3.85. The first-order chi connectivity index (χ1) is 13.0. The number of aromatic nitrogens is 4. The Morgan fingerprint density at radius 3 is 3.07 bits per heavy atom. The lowest BCUT2D eigenvalue weighted by molar-refractivity contribution is -0.125. The van der Waals surface area contributed by atoms with E-state index in [9.17, 15) is 13.2 Å². The molecule has 1 unspecified atom stereocenters. The maximum Gasteiger partial charge on any atom is 0.260 e. The van der Waals surface area contributed by atoms with Gasteiger partial charge in [0, 0.05) is 19.3 Å². The van der Waals surface area contributed by atoms with Gasteiger partial charge in [-0.2, -0.15) is 5.10 Å². The van der Waals surface area contributed by atoms with Crippen LogP contribution in [0.5, 0.6) is 0 Å². The molecule has 1 saturated heterocycles. The van der Waals surface area contributed by atoms with Gasteiger partial charge in [-0.15, -0.1) is 16.2 Å². The van der Waals surface area contributed by atoms with E-state index >= 15 is 0 Å². The van der Waals surface area contributed by atoms with Crippen molar-refractivity contribution in [3.63, 3.8) is 0 Å². The highest BCUT2D eigenvalue weighted by Gasteiger charge is 2.28. The standard InChI is InChI=1S/C15H17N7O3S2/c23-14(20-21-27(24,25)11-6-18-19-7-11)10-2-1-4-22(8-10)13-12-3-5-26-15(12)17-9-16-13/h3,5-7,9-10,21H,1-2,4,8H2,(H,18,19)(H,20,23). The largest absolute Gasteiger partial charge is 0.355 e. The number of rotatable bonds is 5. The molecule has 1 atom stereocenters. The van der Waals surface area contributed by atoms with Crippen molar-refractivity contribution in [3.05, 3.63) is 30.2 Å². The maximum absolute atomic E-state index is 12.5. The molecule has 27 heavy (non-hydrogen) atoms. The van der Waals surface area contributed by atoms with E-state index in [-0.39, 0.29) is 16.7 Å². The Balaban J connectivity index is 1.44. The zero-order valence-corrected chi connectivity index (χ0v) is 15.8. The SMILES string of the molecule is O=C(NNS(=O)(=O)c1cn[nH]c1)C1CCCN(c2ncnc3sccc23)C1. The number of anilines is 1. The second kappa shape index (κ2) is 7.21. The third-order valence-corrected chi connectivity index (χ3v) is 6.46. The van der Waals surface area contributed by atoms with Crippen LogP contribution in [0.25, 0.3) is 10.2 Å². The molecule has 0 radical (unpaired) electrons. The van der Waals surface area contributed by atoms with Gasteiger partial charge in [-0.05, 0) is 24.3 Å². The van der Waals surface area contributed by atoms with Gasteiger partial charge in [0.1, 0.15) is 21.9 Å². The van der Waals surface area contributed by atoms with Crippen LogP contribution in [-0.4, -0.2) is 47.6 Å². The number of sulfonamides is 1. The van der Waals surface area contributed by atoms with Crippen molar-refractivity contribution in [3.8, 4) is 0 Å². The first-order valence-corrected chi connectivity index (χ1v) is 10.6. The van der Waals surface area contributed by atoms with E-state index in [2.05, 4.69) is 35.3 Å². The van der Waals surface area contributed by atoms with Crippen LogP contribution in [0, 0.1) is 5.92 Å². The number of nitrogens with zero attached hydrogens (tertiary/aromatic N) is 4. The number of thiophene rings is 1. The summed E-state index contributed by atoms with van der Waals surface area (Å²) in [5.41, 5.74) is 2.31. The zero-order valence-electron chi connectivity index (χ0n) is 14.1. The zero-order chi connectivity index (χ0) is 18.9. The minimum absolute atomic E-state index is 0.0473. The fraction of sp³-hybridized carbons (Fsp3) is 0.333. The Hall–Kier alpha value is -2.57. The van der Waals surface area contributed by atoms with Gasteiger partial charge in [-0.3, -0.25) is 15.3 Å². The van der Waals surface area contributed by atoms with Crippen molar-refractivity contribution in [1.82, 2.24) is 30.4 Å². The molecule has 3 aromatic rings. The predicted molar refractivity (Wildman–Crippen MR) is 99.4 cm³/mol. The Morgan fingerprint density at radius 1 is 1.37 bits per heavy atom. The van der Waals surface area contributed by atoms with Crippen LogP contribution < -0.4 is 15.2 Å². The number of hydrogen-bond donors (Lipinski definition) is 3. The first-order valence-electron chi connectivity index (χ1n) is 8.28. The van der Waals surface area contributed by atoms with Crippen molar-refractivity contribution < 1.29 is 13.2 Å². The lowest BCUT2D eigenvalue weighted by Crippen LogP contribution is -2.49. The Bertz CT molecular complexity index is 1050. The normalized spacial score (nSPS) is 17.9. The Labute approximate surface area is 159 Å². The average molecular weight is 407 g/mol. The number of hydrazine groups is 1.